The van der Waals surface area contributed by atoms with E-state index >= 15 is 0 Å². The molecule has 0 heterocycles. The maximum absolute atomic E-state index is 9.10. The number of carbonyl (C=O) groups is 2. The first-order valence-corrected chi connectivity index (χ1v) is 1.55. The van der Waals surface area contributed by atoms with Gasteiger partial charge in [0.2, 0.25) is 0 Å². The fourth-order valence-electron chi connectivity index (χ4n) is 0. The van der Waals surface area contributed by atoms with Crippen LogP contribution in [0.25, 0.3) is 0 Å². The summed E-state index contributed by atoms with van der Waals surface area (Å²) in [5.74, 6) is -3.65. The lowest BCUT2D eigenvalue weighted by atomic mass is 10.7. The molecule has 56 valence electrons. The summed E-state index contributed by atoms with van der Waals surface area (Å²) in [6.45, 7) is 0. The Bertz CT molecular complexity index is 74.3. The van der Waals surface area contributed by atoms with E-state index in [1.807, 2.05) is 0 Å². The monoisotopic (exact) mass is 140 g/mol. The van der Waals surface area contributed by atoms with Crippen LogP contribution >= 0.6 is 0 Å². The molecule has 0 amide bonds. The van der Waals surface area contributed by atoms with Crippen molar-refractivity contribution >= 4 is 11.9 Å². The first-order chi connectivity index (χ1) is 3.64. The zero-order chi connectivity index (χ0) is 7.15. The van der Waals surface area contributed by atoms with Crippen LogP contribution in [0.15, 0.2) is 0 Å². The molecule has 0 aliphatic carbocycles. The Morgan fingerprint density at radius 3 is 1.11 bits per heavy atom. The first kappa shape index (κ1) is 15.7. The lowest BCUT2D eigenvalue weighted by molar-refractivity contribution is -0.159. The molecule has 0 atom stereocenters. The Morgan fingerprint density at radius 2 is 1.11 bits per heavy atom. The van der Waals surface area contributed by atoms with Crippen LogP contribution in [-0.2, 0) is 9.59 Å². The Kier molecular flexibility index (Phi) is 17.4. The highest BCUT2D eigenvalue weighted by Gasteiger charge is 2.04. The molecule has 0 aliphatic heterocycles. The van der Waals surface area contributed by atoms with Gasteiger partial charge in [-0.1, -0.05) is 0 Å². The molecule has 0 spiro atoms. The third kappa shape index (κ3) is 19.8. The van der Waals surface area contributed by atoms with Gasteiger partial charge in [0, 0.05) is 7.11 Å². The highest BCUT2D eigenvalue weighted by atomic mass is 16.4. The van der Waals surface area contributed by atoms with Crippen molar-refractivity contribution in [1.82, 2.24) is 0 Å². The summed E-state index contributed by atoms with van der Waals surface area (Å²) in [7, 11) is 1.00. The van der Waals surface area contributed by atoms with Crippen LogP contribution in [0.5, 0.6) is 0 Å². The Morgan fingerprint density at radius 1 is 1.00 bits per heavy atom. The number of aliphatic hydroxyl groups is 1. The van der Waals surface area contributed by atoms with Gasteiger partial charge in [0.25, 0.3) is 0 Å². The van der Waals surface area contributed by atoms with E-state index in [1.54, 1.807) is 0 Å². The lowest BCUT2D eigenvalue weighted by Crippen LogP contribution is -2.09. The minimum Gasteiger partial charge on any atom is -0.473 e. The van der Waals surface area contributed by atoms with Crippen LogP contribution in [-0.4, -0.2) is 39.8 Å². The molecule has 0 saturated heterocycles. The summed E-state index contributed by atoms with van der Waals surface area (Å²) >= 11 is 0. The van der Waals surface area contributed by atoms with Gasteiger partial charge in [-0.05, 0) is 0 Å². The maximum Gasteiger partial charge on any atom is 0.414 e. The fourth-order valence-corrected chi connectivity index (χ4v) is 0. The molecule has 6 heteroatoms. The zero-order valence-corrected chi connectivity index (χ0v) is 4.66. The van der Waals surface area contributed by atoms with Gasteiger partial charge in [0.1, 0.15) is 0 Å². The van der Waals surface area contributed by atoms with E-state index < -0.39 is 11.9 Å². The zero-order valence-electron chi connectivity index (χ0n) is 4.66. The minimum absolute atomic E-state index is 0. The molecular weight excluding hydrogens is 132 g/mol. The predicted molar refractivity (Wildman–Crippen MR) is 27.0 cm³/mol. The summed E-state index contributed by atoms with van der Waals surface area (Å²) in [6, 6.07) is 0. The van der Waals surface area contributed by atoms with Crippen molar-refractivity contribution in [3.8, 4) is 0 Å². The first-order valence-electron chi connectivity index (χ1n) is 1.55. The SMILES string of the molecule is CO.O.O=C(O)C(=O)O. The second-order valence-corrected chi connectivity index (χ2v) is 0.610. The van der Waals surface area contributed by atoms with E-state index in [2.05, 4.69) is 0 Å². The molecule has 6 nitrogen and oxygen atoms in total. The van der Waals surface area contributed by atoms with E-state index in [0.717, 1.165) is 7.11 Å². The standard InChI is InChI=1S/C2H2O4.CH4O.H2O/c3-1(4)2(5)6;1-2;/h(H,3,4)(H,5,6);2H,1H3;1H2. The van der Waals surface area contributed by atoms with Gasteiger partial charge < -0.3 is 20.8 Å². The van der Waals surface area contributed by atoms with Gasteiger partial charge in [0.05, 0.1) is 0 Å². The Labute approximate surface area is 50.7 Å². The molecule has 0 aromatic rings. The molecule has 0 aliphatic rings. The largest absolute Gasteiger partial charge is 0.473 e. The normalized spacial score (nSPS) is 5.56. The highest BCUT2D eigenvalue weighted by Crippen LogP contribution is 1.56. The maximum atomic E-state index is 9.10. The van der Waals surface area contributed by atoms with Crippen molar-refractivity contribution in [3.63, 3.8) is 0 Å². The smallest absolute Gasteiger partial charge is 0.414 e. The van der Waals surface area contributed by atoms with Gasteiger partial charge in [-0.25, -0.2) is 9.59 Å². The van der Waals surface area contributed by atoms with Gasteiger partial charge in [-0.2, -0.15) is 0 Å². The summed E-state index contributed by atoms with van der Waals surface area (Å²) in [6.07, 6.45) is 0. The summed E-state index contributed by atoms with van der Waals surface area (Å²) in [4.78, 5) is 18.2. The van der Waals surface area contributed by atoms with Crippen molar-refractivity contribution in [2.24, 2.45) is 0 Å². The van der Waals surface area contributed by atoms with E-state index in [9.17, 15) is 0 Å². The van der Waals surface area contributed by atoms with E-state index in [0.29, 0.717) is 0 Å². The van der Waals surface area contributed by atoms with Gasteiger partial charge in [0.15, 0.2) is 0 Å². The number of carboxylic acids is 2. The number of hydrogen-bond donors (Lipinski definition) is 3. The van der Waals surface area contributed by atoms with Crippen LogP contribution in [0.3, 0.4) is 0 Å². The lowest BCUT2D eigenvalue weighted by Gasteiger charge is -1.72. The predicted octanol–water partition coefficient (Wildman–Crippen LogP) is -2.06. The van der Waals surface area contributed by atoms with E-state index in [-0.39, 0.29) is 5.48 Å². The fraction of sp³-hybridized carbons (Fsp3) is 0.333. The molecule has 0 aromatic carbocycles. The molecule has 0 bridgehead atoms. The molecule has 0 rings (SSSR count). The van der Waals surface area contributed by atoms with Gasteiger partial charge in [-0.15, -0.1) is 0 Å². The topological polar surface area (TPSA) is 126 Å². The highest BCUT2D eigenvalue weighted by molar-refractivity contribution is 6.27. The average Bonchev–Trinajstić information content (AvgIpc) is 1.72. The van der Waals surface area contributed by atoms with Gasteiger partial charge in [-0.3, -0.25) is 0 Å². The van der Waals surface area contributed by atoms with Gasteiger partial charge >= 0.3 is 11.9 Å². The third-order valence-electron chi connectivity index (χ3n) is 0.183. The molecule has 0 fully saturated rings. The van der Waals surface area contributed by atoms with Crippen LogP contribution in [0.4, 0.5) is 0 Å². The molecule has 0 saturated carbocycles. The number of aliphatic carboxylic acids is 2. The quantitative estimate of drug-likeness (QED) is 0.333. The van der Waals surface area contributed by atoms with Crippen LogP contribution in [0.1, 0.15) is 0 Å². The molecule has 5 N–H and O–H groups in total. The van der Waals surface area contributed by atoms with Crippen molar-refractivity contribution in [3.05, 3.63) is 0 Å². The molecule has 0 unspecified atom stereocenters. The van der Waals surface area contributed by atoms with Crippen molar-refractivity contribution < 1.29 is 30.4 Å². The van der Waals surface area contributed by atoms with Crippen molar-refractivity contribution in [2.45, 2.75) is 0 Å². The summed E-state index contributed by atoms with van der Waals surface area (Å²) in [5.41, 5.74) is 0. The number of aliphatic hydroxyl groups excluding tert-OH is 1. The minimum atomic E-state index is -1.82. The Hall–Kier alpha value is -1.14. The van der Waals surface area contributed by atoms with Crippen molar-refractivity contribution in [1.29, 1.82) is 0 Å². The van der Waals surface area contributed by atoms with E-state index in [1.165, 1.54) is 0 Å². The molecular formula is C3H8O6. The Balaban J connectivity index is -0.000000109. The van der Waals surface area contributed by atoms with Crippen LogP contribution in [0.2, 0.25) is 0 Å². The summed E-state index contributed by atoms with van der Waals surface area (Å²) in [5, 5.41) is 21.8. The summed E-state index contributed by atoms with van der Waals surface area (Å²) < 4.78 is 0. The third-order valence-corrected chi connectivity index (χ3v) is 0.183. The second kappa shape index (κ2) is 9.97. The number of rotatable bonds is 0. The van der Waals surface area contributed by atoms with Crippen molar-refractivity contribution in [2.75, 3.05) is 7.11 Å². The molecule has 0 radical (unpaired) electrons. The molecule has 9 heavy (non-hydrogen) atoms. The average molecular weight is 140 g/mol. The van der Waals surface area contributed by atoms with Crippen LogP contribution < -0.4 is 0 Å². The van der Waals surface area contributed by atoms with Crippen LogP contribution in [0, 0.1) is 0 Å². The number of hydrogen-bond acceptors (Lipinski definition) is 3. The second-order valence-electron chi connectivity index (χ2n) is 0.610. The molecule has 0 aromatic heterocycles. The number of carboxylic acid groups (broad SMARTS) is 2. The van der Waals surface area contributed by atoms with E-state index in [4.69, 9.17) is 24.9 Å².